The number of hydrogen-bond donors (Lipinski definition) is 1. The van der Waals surface area contributed by atoms with Crippen LogP contribution in [0.4, 0.5) is 13.2 Å². The number of nitrogens with zero attached hydrogens (tertiary/aromatic N) is 2. The lowest BCUT2D eigenvalue weighted by Gasteiger charge is -2.09. The van der Waals surface area contributed by atoms with Crippen LogP contribution in [0.1, 0.15) is 55.5 Å². The van der Waals surface area contributed by atoms with Crippen molar-refractivity contribution in [3.63, 3.8) is 0 Å². The number of halogens is 4. The Morgan fingerprint density at radius 1 is 1.24 bits per heavy atom. The molecule has 10 heteroatoms. The van der Waals surface area contributed by atoms with E-state index in [1.54, 1.807) is 24.3 Å². The van der Waals surface area contributed by atoms with Crippen LogP contribution < -0.4 is 4.72 Å². The van der Waals surface area contributed by atoms with Gasteiger partial charge in [-0.05, 0) is 43.4 Å². The van der Waals surface area contributed by atoms with Crippen molar-refractivity contribution in [3.8, 4) is 0 Å². The monoisotopic (exact) mass is 449 g/mol. The Hall–Kier alpha value is -1.58. The maximum absolute atomic E-state index is 13.1. The highest BCUT2D eigenvalue weighted by atomic mass is 35.5. The third kappa shape index (κ3) is 5.32. The van der Waals surface area contributed by atoms with E-state index in [-0.39, 0.29) is 28.9 Å². The van der Waals surface area contributed by atoms with Gasteiger partial charge < -0.3 is 0 Å². The highest BCUT2D eigenvalue weighted by Crippen LogP contribution is 2.46. The maximum atomic E-state index is 13.1. The van der Waals surface area contributed by atoms with Gasteiger partial charge in [0.1, 0.15) is 0 Å². The Morgan fingerprint density at radius 3 is 2.45 bits per heavy atom. The molecule has 0 atom stereocenters. The van der Waals surface area contributed by atoms with Crippen LogP contribution in [-0.4, -0.2) is 24.7 Å². The predicted octanol–water partition coefficient (Wildman–Crippen LogP) is 4.75. The minimum atomic E-state index is -4.61. The first kappa shape index (κ1) is 22.1. The van der Waals surface area contributed by atoms with E-state index in [2.05, 4.69) is 9.82 Å². The molecule has 1 aromatic carbocycles. The zero-order valence-corrected chi connectivity index (χ0v) is 17.5. The number of alkyl halides is 3. The van der Waals surface area contributed by atoms with Gasteiger partial charge in [-0.15, -0.1) is 0 Å². The molecule has 5 nitrogen and oxygen atoms in total. The molecular formula is C19H23ClF3N3O2S. The summed E-state index contributed by atoms with van der Waals surface area (Å²) < 4.78 is 67.8. The molecule has 1 aliphatic rings. The van der Waals surface area contributed by atoms with Crippen molar-refractivity contribution >= 4 is 21.6 Å². The number of rotatable bonds is 9. The molecule has 0 radical (unpaired) electrons. The quantitative estimate of drug-likeness (QED) is 0.562. The molecule has 0 spiro atoms. The van der Waals surface area contributed by atoms with Crippen LogP contribution in [0.2, 0.25) is 5.02 Å². The summed E-state index contributed by atoms with van der Waals surface area (Å²) in [7, 11) is -3.67. The van der Waals surface area contributed by atoms with Crippen LogP contribution in [0.15, 0.2) is 29.2 Å². The summed E-state index contributed by atoms with van der Waals surface area (Å²) in [6.07, 6.45) is -0.906. The average molecular weight is 450 g/mol. The van der Waals surface area contributed by atoms with Crippen molar-refractivity contribution in [1.82, 2.24) is 14.5 Å². The fraction of sp³-hybridized carbons (Fsp3) is 0.526. The number of nitrogens with one attached hydrogen (secondary N) is 1. The number of benzene rings is 1. The van der Waals surface area contributed by atoms with Crippen molar-refractivity contribution in [2.75, 3.05) is 6.54 Å². The molecule has 0 amide bonds. The van der Waals surface area contributed by atoms with Gasteiger partial charge in [-0.2, -0.15) is 18.3 Å². The SMILES string of the molecule is CCCc1ccc(S(=O)(=O)NCCCn2nc(C(F)(F)F)c(Cl)c2C2CC2)cc1. The van der Waals surface area contributed by atoms with Crippen molar-refractivity contribution < 1.29 is 21.6 Å². The normalized spacial score (nSPS) is 15.1. The second-order valence-corrected chi connectivity index (χ2v) is 9.33. The Balaban J connectivity index is 1.61. The molecule has 1 saturated carbocycles. The summed E-state index contributed by atoms with van der Waals surface area (Å²) in [4.78, 5) is 0.164. The lowest BCUT2D eigenvalue weighted by molar-refractivity contribution is -0.141. The summed E-state index contributed by atoms with van der Waals surface area (Å²) >= 11 is 5.93. The van der Waals surface area contributed by atoms with E-state index in [1.165, 1.54) is 4.68 Å². The van der Waals surface area contributed by atoms with Crippen LogP contribution >= 0.6 is 11.6 Å². The van der Waals surface area contributed by atoms with Crippen molar-refractivity contribution in [1.29, 1.82) is 0 Å². The zero-order valence-electron chi connectivity index (χ0n) is 16.0. The molecule has 3 rings (SSSR count). The second-order valence-electron chi connectivity index (χ2n) is 7.19. The first-order valence-electron chi connectivity index (χ1n) is 9.55. The maximum Gasteiger partial charge on any atom is 0.436 e. The first-order chi connectivity index (χ1) is 13.6. The minimum Gasteiger partial charge on any atom is -0.267 e. The molecule has 1 aliphatic carbocycles. The molecule has 1 heterocycles. The van der Waals surface area contributed by atoms with Crippen LogP contribution in [0.25, 0.3) is 0 Å². The highest BCUT2D eigenvalue weighted by Gasteiger charge is 2.41. The molecule has 1 fully saturated rings. The van der Waals surface area contributed by atoms with Crippen molar-refractivity contribution in [3.05, 3.63) is 46.2 Å². The Kier molecular flexibility index (Phi) is 6.60. The largest absolute Gasteiger partial charge is 0.436 e. The van der Waals surface area contributed by atoms with Crippen LogP contribution in [-0.2, 0) is 29.2 Å². The van der Waals surface area contributed by atoms with Gasteiger partial charge in [0, 0.05) is 19.0 Å². The standard InChI is InChI=1S/C19H23ClF3N3O2S/c1-2-4-13-5-9-15(10-6-13)29(27,28)24-11-3-12-26-17(14-7-8-14)16(20)18(25-26)19(21,22)23/h5-6,9-10,14,24H,2-4,7-8,11-12H2,1H3. The van der Waals surface area contributed by atoms with E-state index in [4.69, 9.17) is 11.6 Å². The summed E-state index contributed by atoms with van der Waals surface area (Å²) in [5.74, 6) is -0.00979. The van der Waals surface area contributed by atoms with Crippen LogP contribution in [0.5, 0.6) is 0 Å². The summed E-state index contributed by atoms with van der Waals surface area (Å²) in [5.41, 5.74) is 0.386. The second kappa shape index (κ2) is 8.65. The molecule has 0 aliphatic heterocycles. The predicted molar refractivity (Wildman–Crippen MR) is 104 cm³/mol. The van der Waals surface area contributed by atoms with Crippen LogP contribution in [0.3, 0.4) is 0 Å². The molecule has 0 unspecified atom stereocenters. The van der Waals surface area contributed by atoms with Crippen molar-refractivity contribution in [2.45, 2.75) is 62.6 Å². The van der Waals surface area contributed by atoms with Gasteiger partial charge in [-0.25, -0.2) is 13.1 Å². The smallest absolute Gasteiger partial charge is 0.267 e. The Morgan fingerprint density at radius 2 is 1.90 bits per heavy atom. The lowest BCUT2D eigenvalue weighted by atomic mass is 10.1. The molecule has 160 valence electrons. The minimum absolute atomic E-state index is 0.00979. The third-order valence-corrected chi connectivity index (χ3v) is 6.62. The molecule has 1 aromatic heterocycles. The average Bonchev–Trinajstić information content (AvgIpc) is 3.42. The zero-order chi connectivity index (χ0) is 21.2. The first-order valence-corrected chi connectivity index (χ1v) is 11.4. The van der Waals surface area contributed by atoms with Gasteiger partial charge in [-0.1, -0.05) is 37.1 Å². The molecular weight excluding hydrogens is 427 g/mol. The van der Waals surface area contributed by atoms with Crippen LogP contribution in [0, 0.1) is 0 Å². The number of aromatic nitrogens is 2. The van der Waals surface area contributed by atoms with E-state index in [0.717, 1.165) is 31.2 Å². The van der Waals surface area contributed by atoms with E-state index in [1.807, 2.05) is 6.92 Å². The molecule has 2 aromatic rings. The molecule has 29 heavy (non-hydrogen) atoms. The summed E-state index contributed by atoms with van der Waals surface area (Å²) in [6.45, 7) is 2.28. The van der Waals surface area contributed by atoms with Gasteiger partial charge in [0.25, 0.3) is 0 Å². The lowest BCUT2D eigenvalue weighted by Crippen LogP contribution is -2.26. The highest BCUT2D eigenvalue weighted by molar-refractivity contribution is 7.89. The fourth-order valence-corrected chi connectivity index (χ4v) is 4.66. The van der Waals surface area contributed by atoms with E-state index in [0.29, 0.717) is 12.1 Å². The van der Waals surface area contributed by atoms with E-state index >= 15 is 0 Å². The van der Waals surface area contributed by atoms with Gasteiger partial charge in [-0.3, -0.25) is 4.68 Å². The van der Waals surface area contributed by atoms with Gasteiger partial charge in [0.05, 0.1) is 15.6 Å². The molecule has 1 N–H and O–H groups in total. The third-order valence-electron chi connectivity index (χ3n) is 4.78. The Bertz CT molecular complexity index is 952. The van der Waals surface area contributed by atoms with Gasteiger partial charge in [0.15, 0.2) is 5.69 Å². The number of hydrogen-bond acceptors (Lipinski definition) is 3. The summed E-state index contributed by atoms with van der Waals surface area (Å²) in [5, 5.41) is 3.30. The molecule has 0 saturated heterocycles. The summed E-state index contributed by atoms with van der Waals surface area (Å²) in [6, 6.07) is 6.68. The fourth-order valence-electron chi connectivity index (χ4n) is 3.19. The van der Waals surface area contributed by atoms with Gasteiger partial charge in [0.2, 0.25) is 10.0 Å². The van der Waals surface area contributed by atoms with E-state index in [9.17, 15) is 21.6 Å². The Labute approximate surface area is 173 Å². The number of aryl methyl sites for hydroxylation is 2. The molecule has 0 bridgehead atoms. The van der Waals surface area contributed by atoms with Gasteiger partial charge >= 0.3 is 6.18 Å². The number of sulfonamides is 1. The van der Waals surface area contributed by atoms with E-state index < -0.39 is 21.9 Å². The van der Waals surface area contributed by atoms with Crippen molar-refractivity contribution in [2.24, 2.45) is 0 Å². The topological polar surface area (TPSA) is 64.0 Å².